The summed E-state index contributed by atoms with van der Waals surface area (Å²) in [4.78, 5) is 5.04. The number of thiophene rings is 1. The van der Waals surface area contributed by atoms with Gasteiger partial charge in [-0.2, -0.15) is 0 Å². The topological polar surface area (TPSA) is 90.8 Å². The molecular formula is C17H24IN3O3S2. The highest BCUT2D eigenvalue weighted by atomic mass is 127. The zero-order valence-electron chi connectivity index (χ0n) is 14.5. The van der Waals surface area contributed by atoms with Crippen LogP contribution < -0.4 is 10.6 Å². The van der Waals surface area contributed by atoms with Crippen LogP contribution >= 0.6 is 35.3 Å². The SMILES string of the molecule is CN=C(NCC1CCS(=O)(=O)C1)NCC(O)c1cc2ccccc2s1.I. The highest BCUT2D eigenvalue weighted by Gasteiger charge is 2.27. The van der Waals surface area contributed by atoms with Gasteiger partial charge in [0.2, 0.25) is 0 Å². The predicted molar refractivity (Wildman–Crippen MR) is 118 cm³/mol. The Morgan fingerprint density at radius 3 is 2.81 bits per heavy atom. The molecule has 9 heteroatoms. The molecule has 0 amide bonds. The van der Waals surface area contributed by atoms with Crippen molar-refractivity contribution in [2.75, 3.05) is 31.6 Å². The second-order valence-electron chi connectivity index (χ2n) is 6.31. The number of benzene rings is 1. The first-order valence-electron chi connectivity index (χ1n) is 8.28. The van der Waals surface area contributed by atoms with Gasteiger partial charge in [-0.1, -0.05) is 18.2 Å². The number of aliphatic imine (C=N–C) groups is 1. The number of hydrogen-bond donors (Lipinski definition) is 3. The van der Waals surface area contributed by atoms with Gasteiger partial charge in [0.05, 0.1) is 11.5 Å². The quantitative estimate of drug-likeness (QED) is 0.327. The normalized spacial score (nSPS) is 20.5. The lowest BCUT2D eigenvalue weighted by atomic mass is 10.1. The van der Waals surface area contributed by atoms with Crippen LogP contribution in [0.2, 0.25) is 0 Å². The number of nitrogens with zero attached hydrogens (tertiary/aromatic N) is 1. The first-order valence-corrected chi connectivity index (χ1v) is 10.9. The number of nitrogens with one attached hydrogen (secondary N) is 2. The molecule has 1 aliphatic heterocycles. The Bertz CT molecular complexity index is 834. The van der Waals surface area contributed by atoms with Crippen LogP contribution in [0.1, 0.15) is 17.4 Å². The molecule has 3 rings (SSSR count). The van der Waals surface area contributed by atoms with E-state index < -0.39 is 15.9 Å². The summed E-state index contributed by atoms with van der Waals surface area (Å²) in [6.07, 6.45) is 0.0688. The Labute approximate surface area is 175 Å². The van der Waals surface area contributed by atoms with E-state index in [-0.39, 0.29) is 41.4 Å². The summed E-state index contributed by atoms with van der Waals surface area (Å²) >= 11 is 1.58. The minimum atomic E-state index is -2.86. The van der Waals surface area contributed by atoms with Gasteiger partial charge in [-0.3, -0.25) is 4.99 Å². The minimum absolute atomic E-state index is 0. The Balaban J connectivity index is 0.00000243. The molecular weight excluding hydrogens is 485 g/mol. The molecule has 2 unspecified atom stereocenters. The van der Waals surface area contributed by atoms with Crippen LogP contribution in [0.4, 0.5) is 0 Å². The molecule has 2 aromatic rings. The minimum Gasteiger partial charge on any atom is -0.386 e. The molecule has 2 atom stereocenters. The fourth-order valence-electron chi connectivity index (χ4n) is 2.96. The fourth-order valence-corrected chi connectivity index (χ4v) is 5.87. The smallest absolute Gasteiger partial charge is 0.191 e. The van der Waals surface area contributed by atoms with E-state index in [2.05, 4.69) is 15.6 Å². The summed E-state index contributed by atoms with van der Waals surface area (Å²) in [5.74, 6) is 1.21. The van der Waals surface area contributed by atoms with Crippen LogP contribution in [0.5, 0.6) is 0 Å². The summed E-state index contributed by atoms with van der Waals surface area (Å²) in [6.45, 7) is 0.910. The van der Waals surface area contributed by atoms with Gasteiger partial charge in [0.1, 0.15) is 6.10 Å². The van der Waals surface area contributed by atoms with Crippen LogP contribution in [0.15, 0.2) is 35.3 Å². The largest absolute Gasteiger partial charge is 0.386 e. The zero-order chi connectivity index (χ0) is 17.9. The molecule has 0 aliphatic carbocycles. The molecule has 6 nitrogen and oxygen atoms in total. The Kier molecular flexibility index (Phi) is 7.68. The van der Waals surface area contributed by atoms with E-state index in [4.69, 9.17) is 0 Å². The lowest BCUT2D eigenvalue weighted by Gasteiger charge is -2.16. The summed E-state index contributed by atoms with van der Waals surface area (Å²) in [5.41, 5.74) is 0. The van der Waals surface area contributed by atoms with Crippen LogP contribution in [0.25, 0.3) is 10.1 Å². The van der Waals surface area contributed by atoms with E-state index in [0.717, 1.165) is 15.0 Å². The molecule has 3 N–H and O–H groups in total. The van der Waals surface area contributed by atoms with Crippen molar-refractivity contribution in [1.29, 1.82) is 0 Å². The van der Waals surface area contributed by atoms with Gasteiger partial charge < -0.3 is 15.7 Å². The maximum Gasteiger partial charge on any atom is 0.191 e. The molecule has 0 radical (unpaired) electrons. The first kappa shape index (κ1) is 21.4. The van der Waals surface area contributed by atoms with Crippen molar-refractivity contribution in [2.45, 2.75) is 12.5 Å². The number of sulfone groups is 1. The van der Waals surface area contributed by atoms with Crippen LogP contribution in [0, 0.1) is 5.92 Å². The monoisotopic (exact) mass is 509 g/mol. The molecule has 0 saturated carbocycles. The molecule has 1 saturated heterocycles. The highest BCUT2D eigenvalue weighted by molar-refractivity contribution is 14.0. The molecule has 0 spiro atoms. The first-order chi connectivity index (χ1) is 12.0. The molecule has 2 heterocycles. The van der Waals surface area contributed by atoms with Gasteiger partial charge in [-0.25, -0.2) is 8.42 Å². The van der Waals surface area contributed by atoms with E-state index >= 15 is 0 Å². The van der Waals surface area contributed by atoms with Gasteiger partial charge >= 0.3 is 0 Å². The van der Waals surface area contributed by atoms with Crippen molar-refractivity contribution in [3.8, 4) is 0 Å². The van der Waals surface area contributed by atoms with E-state index in [1.807, 2.05) is 30.3 Å². The summed E-state index contributed by atoms with van der Waals surface area (Å²) in [7, 11) is -1.20. The van der Waals surface area contributed by atoms with Gasteiger partial charge in [0, 0.05) is 29.7 Å². The Morgan fingerprint density at radius 2 is 2.15 bits per heavy atom. The summed E-state index contributed by atoms with van der Waals surface area (Å²) in [5, 5.41) is 17.8. The van der Waals surface area contributed by atoms with Gasteiger partial charge in [0.25, 0.3) is 0 Å². The average Bonchev–Trinajstić information content (AvgIpc) is 3.17. The molecule has 1 aliphatic rings. The fraction of sp³-hybridized carbons (Fsp3) is 0.471. The number of halogens is 1. The second kappa shape index (κ2) is 9.34. The van der Waals surface area contributed by atoms with Gasteiger partial charge in [-0.05, 0) is 29.9 Å². The predicted octanol–water partition coefficient (Wildman–Crippen LogP) is 2.15. The second-order valence-corrected chi connectivity index (χ2v) is 9.65. The summed E-state index contributed by atoms with van der Waals surface area (Å²) in [6, 6.07) is 10.1. The van der Waals surface area contributed by atoms with E-state index in [9.17, 15) is 13.5 Å². The molecule has 1 aromatic carbocycles. The van der Waals surface area contributed by atoms with Crippen molar-refractivity contribution in [1.82, 2.24) is 10.6 Å². The third kappa shape index (κ3) is 5.54. The number of aliphatic hydroxyl groups is 1. The van der Waals surface area contributed by atoms with E-state index in [1.165, 1.54) is 0 Å². The van der Waals surface area contributed by atoms with Crippen molar-refractivity contribution >= 4 is 61.2 Å². The lowest BCUT2D eigenvalue weighted by molar-refractivity contribution is 0.184. The van der Waals surface area contributed by atoms with Crippen molar-refractivity contribution in [3.63, 3.8) is 0 Å². The summed E-state index contributed by atoms with van der Waals surface area (Å²) < 4.78 is 24.1. The maximum atomic E-state index is 11.5. The molecule has 144 valence electrons. The third-order valence-corrected chi connectivity index (χ3v) is 7.40. The number of guanidine groups is 1. The number of aliphatic hydroxyl groups excluding tert-OH is 1. The molecule has 1 aromatic heterocycles. The van der Waals surface area contributed by atoms with E-state index in [0.29, 0.717) is 25.5 Å². The number of rotatable bonds is 5. The maximum absolute atomic E-state index is 11.5. The lowest BCUT2D eigenvalue weighted by Crippen LogP contribution is -2.41. The van der Waals surface area contributed by atoms with Crippen molar-refractivity contribution in [3.05, 3.63) is 35.2 Å². The van der Waals surface area contributed by atoms with E-state index in [1.54, 1.807) is 18.4 Å². The average molecular weight is 509 g/mol. The molecule has 1 fully saturated rings. The van der Waals surface area contributed by atoms with Gasteiger partial charge in [-0.15, -0.1) is 35.3 Å². The molecule has 0 bridgehead atoms. The Hall–Kier alpha value is -0.910. The molecule has 26 heavy (non-hydrogen) atoms. The zero-order valence-corrected chi connectivity index (χ0v) is 18.5. The highest BCUT2D eigenvalue weighted by Crippen LogP contribution is 2.29. The third-order valence-electron chi connectivity index (χ3n) is 4.34. The van der Waals surface area contributed by atoms with Crippen LogP contribution in [0.3, 0.4) is 0 Å². The van der Waals surface area contributed by atoms with Crippen molar-refractivity contribution in [2.24, 2.45) is 10.9 Å². The van der Waals surface area contributed by atoms with Crippen LogP contribution in [-0.2, 0) is 9.84 Å². The Morgan fingerprint density at radius 1 is 1.38 bits per heavy atom. The van der Waals surface area contributed by atoms with Gasteiger partial charge in [0.15, 0.2) is 15.8 Å². The number of hydrogen-bond acceptors (Lipinski definition) is 5. The van der Waals surface area contributed by atoms with Crippen molar-refractivity contribution < 1.29 is 13.5 Å². The van der Waals surface area contributed by atoms with Crippen LogP contribution in [-0.4, -0.2) is 51.1 Å². The standard InChI is InChI=1S/C17H23N3O3S2.HI/c1-18-17(19-9-12-6-7-25(22,23)11-12)20-10-14(21)16-8-13-4-2-3-5-15(13)24-16;/h2-5,8,12,14,21H,6-7,9-11H2,1H3,(H2,18,19,20);1H. The number of fused-ring (bicyclic) bond motifs is 1.